The lowest BCUT2D eigenvalue weighted by Gasteiger charge is -2.27. The van der Waals surface area contributed by atoms with Gasteiger partial charge in [0.25, 0.3) is 0 Å². The molecule has 0 spiro atoms. The molecular weight excluding hydrogens is 1000 g/mol. The second-order valence-corrected chi connectivity index (χ2v) is 22.7. The molecule has 0 rings (SSSR count). The van der Waals surface area contributed by atoms with Crippen molar-refractivity contribution in [1.29, 1.82) is 0 Å². The van der Waals surface area contributed by atoms with Gasteiger partial charge < -0.3 is 19.4 Å². The molecular formula is C69H114N2O7P+. The molecule has 0 aliphatic carbocycles. The first-order chi connectivity index (χ1) is 38.4. The summed E-state index contributed by atoms with van der Waals surface area (Å²) in [4.78, 5) is 37.7. The summed E-state index contributed by atoms with van der Waals surface area (Å²) in [6.45, 7) is 6.67. The van der Waals surface area contributed by atoms with Crippen LogP contribution in [0.2, 0.25) is 0 Å². The van der Waals surface area contributed by atoms with Crippen molar-refractivity contribution in [2.75, 3.05) is 40.9 Å². The summed E-state index contributed by atoms with van der Waals surface area (Å²) in [5.74, 6) is -0.600. The van der Waals surface area contributed by atoms with Crippen LogP contribution < -0.4 is 5.32 Å². The Bertz CT molecular complexity index is 1910. The number of nitrogens with one attached hydrogen (secondary N) is 1. The van der Waals surface area contributed by atoms with Crippen molar-refractivity contribution in [2.45, 2.75) is 226 Å². The Morgan fingerprint density at radius 2 is 0.873 bits per heavy atom. The lowest BCUT2D eigenvalue weighted by molar-refractivity contribution is -0.870. The van der Waals surface area contributed by atoms with E-state index in [2.05, 4.69) is 111 Å². The van der Waals surface area contributed by atoms with Crippen LogP contribution in [0.4, 0.5) is 0 Å². The van der Waals surface area contributed by atoms with E-state index in [4.69, 9.17) is 13.8 Å². The zero-order valence-corrected chi connectivity index (χ0v) is 51.7. The molecule has 0 bridgehead atoms. The van der Waals surface area contributed by atoms with Crippen molar-refractivity contribution in [3.8, 4) is 0 Å². The minimum atomic E-state index is -4.48. The number of hydrogen-bond donors (Lipinski definition) is 2. The molecule has 9 nitrogen and oxygen atoms in total. The largest absolute Gasteiger partial charge is 0.472 e. The van der Waals surface area contributed by atoms with Gasteiger partial charge >= 0.3 is 13.8 Å². The van der Waals surface area contributed by atoms with E-state index in [1.54, 1.807) is 0 Å². The number of unbranched alkanes of at least 4 members (excludes halogenated alkanes) is 18. The second kappa shape index (κ2) is 56.9. The molecule has 2 N–H and O–H groups in total. The van der Waals surface area contributed by atoms with Gasteiger partial charge in [-0.2, -0.15) is 0 Å². The van der Waals surface area contributed by atoms with Crippen LogP contribution in [0.3, 0.4) is 0 Å². The highest BCUT2D eigenvalue weighted by atomic mass is 31.2. The highest BCUT2D eigenvalue weighted by Gasteiger charge is 2.30. The summed E-state index contributed by atoms with van der Waals surface area (Å²) in [6, 6.07) is -0.896. The van der Waals surface area contributed by atoms with Gasteiger partial charge in [-0.1, -0.05) is 256 Å². The number of allylic oxidation sites excluding steroid dienone is 25. The standard InChI is InChI=1S/C69H113N2O7P/c1-7-10-13-16-19-22-25-28-30-32-33-34-35-36-37-39-41-44-47-50-53-56-59-62-69(73)78-67(60-57-54-51-48-45-42-27-24-21-18-15-12-9-3)66(65-77-79(74,75)76-64-63-71(4,5)6)70-68(72)61-58-55-52-49-46-43-40-38-31-29-26-23-20-17-14-11-8-2/h10-11,13-14,17,19-20,22-23,26,28-31,33-34,36-38,40-41,43-44,46,57,60,66-67H,7-9,12,15-16,18,21,24-25,27,32,35,39,42,45,47-56,58-59,61-65H2,1-6H3,(H-,70,72,74,75)/p+1/b13-10-,14-11-,20-17+,22-19-,26-23+,30-28-,31-29-,34-33-,37-36-,40-38+,44-41-,46-43+,60-57-. The maximum atomic E-state index is 13.5. The van der Waals surface area contributed by atoms with Crippen LogP contribution >= 0.6 is 7.82 Å². The van der Waals surface area contributed by atoms with E-state index in [0.717, 1.165) is 109 Å². The number of hydrogen-bond acceptors (Lipinski definition) is 6. The molecule has 1 amide bonds. The minimum Gasteiger partial charge on any atom is -0.456 e. The van der Waals surface area contributed by atoms with Crippen LogP contribution in [-0.2, 0) is 27.9 Å². The Balaban J connectivity index is 5.43. The Morgan fingerprint density at radius 1 is 0.468 bits per heavy atom. The van der Waals surface area contributed by atoms with Gasteiger partial charge in [0, 0.05) is 12.8 Å². The summed E-state index contributed by atoms with van der Waals surface area (Å²) in [6.07, 6.45) is 83.8. The first kappa shape index (κ1) is 74.6. The number of phosphoric acid groups is 1. The van der Waals surface area contributed by atoms with Crippen molar-refractivity contribution in [1.82, 2.24) is 5.32 Å². The van der Waals surface area contributed by atoms with Gasteiger partial charge in [0.05, 0.1) is 33.8 Å². The molecule has 0 aliphatic heterocycles. The molecule has 3 unspecified atom stereocenters. The van der Waals surface area contributed by atoms with E-state index in [9.17, 15) is 19.0 Å². The van der Waals surface area contributed by atoms with Gasteiger partial charge in [-0.05, 0) is 102 Å². The second-order valence-electron chi connectivity index (χ2n) is 21.3. The number of esters is 1. The molecule has 0 heterocycles. The predicted octanol–water partition coefficient (Wildman–Crippen LogP) is 19.2. The molecule has 0 aromatic carbocycles. The normalized spacial score (nSPS) is 14.8. The highest BCUT2D eigenvalue weighted by Crippen LogP contribution is 2.43. The van der Waals surface area contributed by atoms with Crippen molar-refractivity contribution >= 4 is 19.7 Å². The summed E-state index contributed by atoms with van der Waals surface area (Å²) in [5.41, 5.74) is 0. The smallest absolute Gasteiger partial charge is 0.456 e. The van der Waals surface area contributed by atoms with Crippen LogP contribution in [0, 0.1) is 0 Å². The topological polar surface area (TPSA) is 111 Å². The van der Waals surface area contributed by atoms with Crippen molar-refractivity contribution in [3.05, 3.63) is 158 Å². The quantitative estimate of drug-likeness (QED) is 0.0156. The van der Waals surface area contributed by atoms with Gasteiger partial charge in [0.2, 0.25) is 5.91 Å². The van der Waals surface area contributed by atoms with Crippen LogP contribution in [0.5, 0.6) is 0 Å². The van der Waals surface area contributed by atoms with E-state index in [1.165, 1.54) is 57.8 Å². The predicted molar refractivity (Wildman–Crippen MR) is 341 cm³/mol. The number of ether oxygens (including phenoxy) is 1. The van der Waals surface area contributed by atoms with Crippen LogP contribution in [0.1, 0.15) is 213 Å². The number of rotatable bonds is 53. The highest BCUT2D eigenvalue weighted by molar-refractivity contribution is 7.47. The monoisotopic (exact) mass is 1110 g/mol. The Morgan fingerprint density at radius 3 is 1.38 bits per heavy atom. The van der Waals surface area contributed by atoms with Gasteiger partial charge in [-0.3, -0.25) is 18.6 Å². The molecule has 0 radical (unpaired) electrons. The third-order valence-electron chi connectivity index (χ3n) is 12.6. The van der Waals surface area contributed by atoms with Crippen LogP contribution in [-0.4, -0.2) is 74.3 Å². The van der Waals surface area contributed by atoms with E-state index in [0.29, 0.717) is 23.9 Å². The molecule has 0 aromatic heterocycles. The van der Waals surface area contributed by atoms with Crippen molar-refractivity contribution in [2.24, 2.45) is 0 Å². The molecule has 0 aromatic rings. The molecule has 79 heavy (non-hydrogen) atoms. The average molecular weight is 1110 g/mol. The number of amides is 1. The van der Waals surface area contributed by atoms with Gasteiger partial charge in [0.1, 0.15) is 19.3 Å². The summed E-state index contributed by atoms with van der Waals surface area (Å²) in [7, 11) is 1.42. The molecule has 0 saturated heterocycles. The first-order valence-corrected chi connectivity index (χ1v) is 32.4. The zero-order valence-electron chi connectivity index (χ0n) is 50.8. The third-order valence-corrected chi connectivity index (χ3v) is 13.6. The van der Waals surface area contributed by atoms with E-state index in [-0.39, 0.29) is 37.9 Å². The fourth-order valence-corrected chi connectivity index (χ4v) is 8.65. The van der Waals surface area contributed by atoms with Crippen molar-refractivity contribution < 1.29 is 37.3 Å². The molecule has 3 atom stereocenters. The average Bonchev–Trinajstić information content (AvgIpc) is 3.41. The maximum absolute atomic E-state index is 13.5. The number of carbonyl (C=O) groups is 2. The van der Waals surface area contributed by atoms with Crippen molar-refractivity contribution in [3.63, 3.8) is 0 Å². The minimum absolute atomic E-state index is 0.0166. The van der Waals surface area contributed by atoms with Crippen LogP contribution in [0.25, 0.3) is 0 Å². The number of likely N-dealkylation sites (N-methyl/N-ethyl adjacent to an activating group) is 1. The Hall–Kier alpha value is -4.37. The maximum Gasteiger partial charge on any atom is 0.472 e. The first-order valence-electron chi connectivity index (χ1n) is 30.9. The third kappa shape index (κ3) is 58.1. The van der Waals surface area contributed by atoms with Gasteiger partial charge in [0.15, 0.2) is 0 Å². The van der Waals surface area contributed by atoms with E-state index in [1.807, 2.05) is 94.1 Å². The van der Waals surface area contributed by atoms with Gasteiger partial charge in [-0.15, -0.1) is 0 Å². The molecule has 10 heteroatoms. The zero-order chi connectivity index (χ0) is 57.9. The fraction of sp³-hybridized carbons (Fsp3) is 0.594. The molecule has 446 valence electrons. The number of carbonyl (C=O) groups excluding carboxylic acids is 2. The summed E-state index contributed by atoms with van der Waals surface area (Å²) in [5, 5.41) is 3.02. The SMILES string of the molecule is CC\C=C/C=C/C=C/C=C\C=C\C=C\CCCCCC(=O)NC(COP(=O)(O)OCC[N+](C)(C)C)C(/C=C\CCCCCCCCCCCCC)OC(=O)CCCCCC/C=C\C/C=C\C/C=C\C/C=C\C/C=C\C/C=C\CC. The molecule has 0 aliphatic rings. The Labute approximate surface area is 484 Å². The van der Waals surface area contributed by atoms with E-state index < -0.39 is 20.0 Å². The van der Waals surface area contributed by atoms with E-state index >= 15 is 0 Å². The lowest BCUT2D eigenvalue weighted by Crippen LogP contribution is -2.47. The Kier molecular flexibility index (Phi) is 53.7. The summed E-state index contributed by atoms with van der Waals surface area (Å²) >= 11 is 0. The molecule has 0 fully saturated rings. The molecule has 0 saturated carbocycles. The summed E-state index contributed by atoms with van der Waals surface area (Å²) < 4.78 is 30.6. The number of phosphoric ester groups is 1. The fourth-order valence-electron chi connectivity index (χ4n) is 7.91. The number of quaternary nitrogens is 1. The lowest BCUT2D eigenvalue weighted by atomic mass is 10.0. The van der Waals surface area contributed by atoms with Gasteiger partial charge in [-0.25, -0.2) is 4.57 Å². The van der Waals surface area contributed by atoms with Crippen LogP contribution in [0.15, 0.2) is 158 Å². The number of nitrogens with zero attached hydrogens (tertiary/aromatic N) is 1.